The number of carbonyl (C=O) groups excluding carboxylic acids is 1. The normalized spacial score (nSPS) is 10.6. The minimum atomic E-state index is 0.0602. The highest BCUT2D eigenvalue weighted by molar-refractivity contribution is 7.99. The molecule has 5 heteroatoms. The van der Waals surface area contributed by atoms with Crippen LogP contribution in [-0.2, 0) is 10.5 Å². The summed E-state index contributed by atoms with van der Waals surface area (Å²) in [4.78, 5) is 11.4. The van der Waals surface area contributed by atoms with Gasteiger partial charge in [-0.25, -0.2) is 0 Å². The zero-order valence-electron chi connectivity index (χ0n) is 9.80. The molecule has 0 fully saturated rings. The van der Waals surface area contributed by atoms with Crippen LogP contribution in [0.25, 0.3) is 0 Å². The number of rotatable bonds is 5. The van der Waals surface area contributed by atoms with E-state index in [1.54, 1.807) is 17.8 Å². The molecule has 0 unspecified atom stereocenters. The molecule has 0 aliphatic heterocycles. The van der Waals surface area contributed by atoms with Gasteiger partial charge in [-0.05, 0) is 31.5 Å². The molecule has 0 saturated carbocycles. The number of amides is 1. The Balaban J connectivity index is 2.36. The second-order valence-corrected chi connectivity index (χ2v) is 5.76. The van der Waals surface area contributed by atoms with E-state index in [2.05, 4.69) is 5.32 Å². The van der Waals surface area contributed by atoms with Crippen LogP contribution in [0.5, 0.6) is 0 Å². The third-order valence-electron chi connectivity index (χ3n) is 1.94. The fraction of sp³-hybridized carbons (Fsp3) is 0.417. The summed E-state index contributed by atoms with van der Waals surface area (Å²) in [6.45, 7) is 3.89. The zero-order chi connectivity index (χ0) is 12.8. The van der Waals surface area contributed by atoms with Crippen LogP contribution in [-0.4, -0.2) is 17.7 Å². The predicted molar refractivity (Wildman–Crippen MR) is 75.9 cm³/mol. The topological polar surface area (TPSA) is 29.1 Å². The molecule has 1 N–H and O–H groups in total. The highest BCUT2D eigenvalue weighted by Crippen LogP contribution is 2.24. The maximum atomic E-state index is 11.4. The summed E-state index contributed by atoms with van der Waals surface area (Å²) in [5, 5.41) is 3.95. The first-order valence-electron chi connectivity index (χ1n) is 5.30. The lowest BCUT2D eigenvalue weighted by molar-refractivity contribution is -0.119. The van der Waals surface area contributed by atoms with E-state index >= 15 is 0 Å². The lowest BCUT2D eigenvalue weighted by Gasteiger charge is -2.08. The fourth-order valence-corrected chi connectivity index (χ4v) is 2.36. The summed E-state index contributed by atoms with van der Waals surface area (Å²) in [7, 11) is 0. The van der Waals surface area contributed by atoms with Gasteiger partial charge in [0.15, 0.2) is 0 Å². The predicted octanol–water partition coefficient (Wildman–Crippen LogP) is 3.75. The molecule has 0 aliphatic carbocycles. The van der Waals surface area contributed by atoms with Crippen molar-refractivity contribution in [3.05, 3.63) is 33.8 Å². The lowest BCUT2D eigenvalue weighted by Crippen LogP contribution is -2.31. The van der Waals surface area contributed by atoms with E-state index in [0.717, 1.165) is 11.3 Å². The van der Waals surface area contributed by atoms with Crippen LogP contribution in [0.1, 0.15) is 19.4 Å². The van der Waals surface area contributed by atoms with Gasteiger partial charge in [0.1, 0.15) is 0 Å². The smallest absolute Gasteiger partial charge is 0.230 e. The van der Waals surface area contributed by atoms with E-state index in [1.807, 2.05) is 26.0 Å². The molecule has 17 heavy (non-hydrogen) atoms. The van der Waals surface area contributed by atoms with E-state index < -0.39 is 0 Å². The first-order valence-corrected chi connectivity index (χ1v) is 7.21. The Morgan fingerprint density at radius 1 is 1.35 bits per heavy atom. The highest BCUT2D eigenvalue weighted by atomic mass is 35.5. The molecule has 1 aromatic carbocycles. The summed E-state index contributed by atoms with van der Waals surface area (Å²) in [5.74, 6) is 1.27. The van der Waals surface area contributed by atoms with Gasteiger partial charge in [0.05, 0.1) is 15.8 Å². The number of thioether (sulfide) groups is 1. The minimum absolute atomic E-state index is 0.0602. The number of nitrogens with one attached hydrogen (secondary N) is 1. The molecule has 94 valence electrons. The molecule has 0 radical (unpaired) electrons. The second-order valence-electron chi connectivity index (χ2n) is 3.96. The number of benzene rings is 1. The van der Waals surface area contributed by atoms with Gasteiger partial charge in [-0.1, -0.05) is 29.3 Å². The van der Waals surface area contributed by atoms with Crippen molar-refractivity contribution in [1.29, 1.82) is 0 Å². The molecule has 1 rings (SSSR count). The van der Waals surface area contributed by atoms with E-state index in [4.69, 9.17) is 23.2 Å². The van der Waals surface area contributed by atoms with Crippen molar-refractivity contribution in [2.45, 2.75) is 25.6 Å². The highest BCUT2D eigenvalue weighted by Gasteiger charge is 2.04. The first kappa shape index (κ1) is 14.7. The molecule has 0 atom stereocenters. The minimum Gasteiger partial charge on any atom is -0.353 e. The molecule has 0 spiro atoms. The molecule has 1 aromatic rings. The van der Waals surface area contributed by atoms with Gasteiger partial charge in [-0.3, -0.25) is 4.79 Å². The third kappa shape index (κ3) is 5.66. The lowest BCUT2D eigenvalue weighted by atomic mass is 10.2. The number of carbonyl (C=O) groups is 1. The molecular weight excluding hydrogens is 277 g/mol. The van der Waals surface area contributed by atoms with Gasteiger partial charge in [0.25, 0.3) is 0 Å². The maximum Gasteiger partial charge on any atom is 0.230 e. The molecule has 0 aliphatic rings. The average molecular weight is 292 g/mol. The Kier molecular flexibility index (Phi) is 6.17. The molecule has 0 aromatic heterocycles. The summed E-state index contributed by atoms with van der Waals surface area (Å²) in [5.41, 5.74) is 1.07. The van der Waals surface area contributed by atoms with Crippen LogP contribution in [0.15, 0.2) is 18.2 Å². The number of hydrogen-bond acceptors (Lipinski definition) is 2. The molecule has 0 heterocycles. The monoisotopic (exact) mass is 291 g/mol. The van der Waals surface area contributed by atoms with Gasteiger partial charge in [0.2, 0.25) is 5.91 Å². The fourth-order valence-electron chi connectivity index (χ4n) is 1.25. The van der Waals surface area contributed by atoms with E-state index in [9.17, 15) is 4.79 Å². The van der Waals surface area contributed by atoms with Crippen molar-refractivity contribution in [1.82, 2.24) is 5.32 Å². The molecule has 2 nitrogen and oxygen atoms in total. The Morgan fingerprint density at radius 2 is 2.06 bits per heavy atom. The van der Waals surface area contributed by atoms with Crippen LogP contribution in [0.4, 0.5) is 0 Å². The van der Waals surface area contributed by atoms with E-state index in [-0.39, 0.29) is 11.9 Å². The average Bonchev–Trinajstić information content (AvgIpc) is 2.22. The van der Waals surface area contributed by atoms with Crippen LogP contribution in [0, 0.1) is 0 Å². The Morgan fingerprint density at radius 3 is 2.65 bits per heavy atom. The summed E-state index contributed by atoms with van der Waals surface area (Å²) < 4.78 is 0. The van der Waals surface area contributed by atoms with Gasteiger partial charge < -0.3 is 5.32 Å². The summed E-state index contributed by atoms with van der Waals surface area (Å²) in [6.07, 6.45) is 0. The van der Waals surface area contributed by atoms with E-state index in [0.29, 0.717) is 15.8 Å². The van der Waals surface area contributed by atoms with Crippen molar-refractivity contribution in [3.63, 3.8) is 0 Å². The summed E-state index contributed by atoms with van der Waals surface area (Å²) in [6, 6.07) is 5.71. The van der Waals surface area contributed by atoms with Crippen molar-refractivity contribution >= 4 is 40.9 Å². The molecule has 0 saturated heterocycles. The second kappa shape index (κ2) is 7.14. The first-order chi connectivity index (χ1) is 7.99. The van der Waals surface area contributed by atoms with Crippen LogP contribution in [0.2, 0.25) is 10.0 Å². The molecular formula is C12H15Cl2NOS. The quantitative estimate of drug-likeness (QED) is 0.895. The Hall–Kier alpha value is -0.380. The zero-order valence-corrected chi connectivity index (χ0v) is 12.1. The van der Waals surface area contributed by atoms with Gasteiger partial charge in [-0.15, -0.1) is 11.8 Å². The van der Waals surface area contributed by atoms with Crippen molar-refractivity contribution < 1.29 is 4.79 Å². The van der Waals surface area contributed by atoms with Crippen molar-refractivity contribution in [3.8, 4) is 0 Å². The Bertz CT molecular complexity index is 396. The van der Waals surface area contributed by atoms with Gasteiger partial charge in [0, 0.05) is 11.8 Å². The third-order valence-corrected chi connectivity index (χ3v) is 3.68. The Labute approximate surface area is 116 Å². The standard InChI is InChI=1S/C12H15Cl2NOS/c1-8(2)15-12(16)7-17-6-9-3-4-10(13)11(14)5-9/h3-5,8H,6-7H2,1-2H3,(H,15,16). The number of hydrogen-bond donors (Lipinski definition) is 1. The van der Waals surface area contributed by atoms with Gasteiger partial charge in [-0.2, -0.15) is 0 Å². The summed E-state index contributed by atoms with van der Waals surface area (Å²) >= 11 is 13.3. The van der Waals surface area contributed by atoms with Crippen LogP contribution < -0.4 is 5.32 Å². The number of halogens is 2. The SMILES string of the molecule is CC(C)NC(=O)CSCc1ccc(Cl)c(Cl)c1. The van der Waals surface area contributed by atoms with E-state index in [1.165, 1.54) is 0 Å². The van der Waals surface area contributed by atoms with Crippen LogP contribution >= 0.6 is 35.0 Å². The van der Waals surface area contributed by atoms with Crippen LogP contribution in [0.3, 0.4) is 0 Å². The maximum absolute atomic E-state index is 11.4. The molecule has 1 amide bonds. The largest absolute Gasteiger partial charge is 0.353 e. The van der Waals surface area contributed by atoms with Crippen molar-refractivity contribution in [2.24, 2.45) is 0 Å². The van der Waals surface area contributed by atoms with Crippen molar-refractivity contribution in [2.75, 3.05) is 5.75 Å². The molecule has 0 bridgehead atoms. The van der Waals surface area contributed by atoms with Gasteiger partial charge >= 0.3 is 0 Å².